The van der Waals surface area contributed by atoms with Crippen molar-refractivity contribution in [2.45, 2.75) is 18.2 Å². The van der Waals surface area contributed by atoms with Crippen LogP contribution in [0.25, 0.3) is 22.2 Å². The molecule has 2 aromatic heterocycles. The number of hydrogen-bond acceptors (Lipinski definition) is 6. The Morgan fingerprint density at radius 1 is 1.17 bits per heavy atom. The number of ketones is 1. The highest BCUT2D eigenvalue weighted by Gasteiger charge is 2.19. The van der Waals surface area contributed by atoms with Crippen LogP contribution >= 0.6 is 0 Å². The van der Waals surface area contributed by atoms with Crippen molar-refractivity contribution in [3.8, 4) is 17.0 Å². The number of Topliss-reactive ketones (excluding diaryl/α,β-unsaturated/α-hetero) is 1. The second-order valence-corrected chi connectivity index (χ2v) is 9.10. The lowest BCUT2D eigenvalue weighted by atomic mass is 9.99. The fourth-order valence-electron chi connectivity index (χ4n) is 3.40. The average molecular weight is 424 g/mol. The molecule has 2 aromatic carbocycles. The normalized spacial score (nSPS) is 11.7. The predicted molar refractivity (Wildman–Crippen MR) is 113 cm³/mol. The zero-order valence-electron chi connectivity index (χ0n) is 16.7. The van der Waals surface area contributed by atoms with Crippen molar-refractivity contribution in [1.82, 2.24) is 10.2 Å². The largest absolute Gasteiger partial charge is 0.493 e. The van der Waals surface area contributed by atoms with Crippen LogP contribution < -0.4 is 4.74 Å². The van der Waals surface area contributed by atoms with E-state index in [2.05, 4.69) is 10.2 Å². The number of aromatic amines is 1. The van der Waals surface area contributed by atoms with E-state index in [0.29, 0.717) is 17.8 Å². The number of furan rings is 1. The van der Waals surface area contributed by atoms with Gasteiger partial charge in [0, 0.05) is 36.1 Å². The molecular weight excluding hydrogens is 404 g/mol. The maximum absolute atomic E-state index is 11.8. The summed E-state index contributed by atoms with van der Waals surface area (Å²) in [6.07, 6.45) is 3.48. The molecule has 0 bridgehead atoms. The smallest absolute Gasteiger partial charge is 0.194 e. The highest BCUT2D eigenvalue weighted by Crippen LogP contribution is 2.37. The second kappa shape index (κ2) is 7.46. The van der Waals surface area contributed by atoms with Crippen molar-refractivity contribution in [3.05, 3.63) is 65.5 Å². The SMILES string of the molecule is COc1ccc(-c2[nH]ncc2Cc2ccc(S(C)(=O)=O)cc2)c2cc(C(C)=O)oc12. The van der Waals surface area contributed by atoms with Crippen LogP contribution in [0.2, 0.25) is 0 Å². The molecule has 0 fully saturated rings. The summed E-state index contributed by atoms with van der Waals surface area (Å²) in [6, 6.07) is 12.2. The maximum atomic E-state index is 11.8. The Morgan fingerprint density at radius 2 is 1.90 bits per heavy atom. The van der Waals surface area contributed by atoms with E-state index in [0.717, 1.165) is 27.8 Å². The third-order valence-electron chi connectivity index (χ3n) is 4.95. The number of carbonyl (C=O) groups excluding carboxylic acids is 1. The number of ether oxygens (including phenoxy) is 1. The van der Waals surface area contributed by atoms with E-state index in [1.54, 1.807) is 49.7 Å². The number of sulfone groups is 1. The number of hydrogen-bond donors (Lipinski definition) is 1. The summed E-state index contributed by atoms with van der Waals surface area (Å²) in [5.74, 6) is 0.627. The number of benzene rings is 2. The predicted octanol–water partition coefficient (Wildman–Crippen LogP) is 4.03. The van der Waals surface area contributed by atoms with Gasteiger partial charge in [-0.05, 0) is 35.9 Å². The minimum Gasteiger partial charge on any atom is -0.493 e. The number of methoxy groups -OCH3 is 1. The van der Waals surface area contributed by atoms with Gasteiger partial charge >= 0.3 is 0 Å². The van der Waals surface area contributed by atoms with Gasteiger partial charge in [-0.1, -0.05) is 12.1 Å². The number of rotatable bonds is 6. The van der Waals surface area contributed by atoms with Crippen LogP contribution in [0.3, 0.4) is 0 Å². The van der Waals surface area contributed by atoms with Crippen molar-refractivity contribution < 1.29 is 22.4 Å². The van der Waals surface area contributed by atoms with Crippen molar-refractivity contribution >= 4 is 26.6 Å². The zero-order chi connectivity index (χ0) is 21.5. The van der Waals surface area contributed by atoms with Gasteiger partial charge < -0.3 is 9.15 Å². The standard InChI is InChI=1S/C22H20N2O5S/c1-13(25)20-11-18-17(8-9-19(28-2)22(18)29-20)21-15(12-23-24-21)10-14-4-6-16(7-5-14)30(3,26)27/h4-9,11-12H,10H2,1-3H3,(H,23,24). The molecular formula is C22H20N2O5S. The van der Waals surface area contributed by atoms with E-state index in [4.69, 9.17) is 9.15 Å². The van der Waals surface area contributed by atoms with Gasteiger partial charge in [-0.15, -0.1) is 0 Å². The molecule has 0 saturated heterocycles. The Hall–Kier alpha value is -3.39. The highest BCUT2D eigenvalue weighted by molar-refractivity contribution is 7.90. The number of nitrogens with zero attached hydrogens (tertiary/aromatic N) is 1. The highest BCUT2D eigenvalue weighted by atomic mass is 32.2. The lowest BCUT2D eigenvalue weighted by molar-refractivity contribution is 0.0989. The summed E-state index contributed by atoms with van der Waals surface area (Å²) in [4.78, 5) is 12.1. The Kier molecular flexibility index (Phi) is 4.95. The van der Waals surface area contributed by atoms with Gasteiger partial charge in [-0.3, -0.25) is 9.89 Å². The van der Waals surface area contributed by atoms with Crippen molar-refractivity contribution in [2.24, 2.45) is 0 Å². The molecule has 0 radical (unpaired) electrons. The topological polar surface area (TPSA) is 102 Å². The van der Waals surface area contributed by atoms with E-state index < -0.39 is 9.84 Å². The number of fused-ring (bicyclic) bond motifs is 1. The molecule has 7 nitrogen and oxygen atoms in total. The minimum absolute atomic E-state index is 0.171. The van der Waals surface area contributed by atoms with Gasteiger partial charge in [0.05, 0.1) is 23.9 Å². The van der Waals surface area contributed by atoms with Gasteiger partial charge in [0.1, 0.15) is 0 Å². The van der Waals surface area contributed by atoms with Crippen molar-refractivity contribution in [2.75, 3.05) is 13.4 Å². The first kappa shape index (κ1) is 19.9. The van der Waals surface area contributed by atoms with Crippen LogP contribution in [0.4, 0.5) is 0 Å². The van der Waals surface area contributed by atoms with Crippen molar-refractivity contribution in [1.29, 1.82) is 0 Å². The first-order valence-electron chi connectivity index (χ1n) is 9.21. The van der Waals surface area contributed by atoms with Gasteiger partial charge in [-0.25, -0.2) is 8.42 Å². The Bertz CT molecular complexity index is 1350. The van der Waals surface area contributed by atoms with Crippen LogP contribution in [0.5, 0.6) is 5.75 Å². The molecule has 0 aliphatic carbocycles. The van der Waals surface area contributed by atoms with E-state index in [1.807, 2.05) is 6.07 Å². The molecule has 0 spiro atoms. The minimum atomic E-state index is -3.24. The lowest BCUT2D eigenvalue weighted by Gasteiger charge is -2.08. The van der Waals surface area contributed by atoms with Crippen LogP contribution in [0.1, 0.15) is 28.6 Å². The van der Waals surface area contributed by atoms with Crippen molar-refractivity contribution in [3.63, 3.8) is 0 Å². The fourth-order valence-corrected chi connectivity index (χ4v) is 4.03. The molecule has 0 saturated carbocycles. The molecule has 30 heavy (non-hydrogen) atoms. The summed E-state index contributed by atoms with van der Waals surface area (Å²) in [5.41, 5.74) is 4.01. The van der Waals surface area contributed by atoms with E-state index in [9.17, 15) is 13.2 Å². The van der Waals surface area contributed by atoms with Crippen LogP contribution in [-0.4, -0.2) is 37.8 Å². The van der Waals surface area contributed by atoms with Crippen LogP contribution in [0, 0.1) is 0 Å². The van der Waals surface area contributed by atoms with Crippen LogP contribution in [-0.2, 0) is 16.3 Å². The van der Waals surface area contributed by atoms with Gasteiger partial charge in [0.2, 0.25) is 0 Å². The molecule has 0 atom stereocenters. The number of aromatic nitrogens is 2. The summed E-state index contributed by atoms with van der Waals surface area (Å²) >= 11 is 0. The van der Waals surface area contributed by atoms with Crippen LogP contribution in [0.15, 0.2) is 58.0 Å². The quantitative estimate of drug-likeness (QED) is 0.469. The van der Waals surface area contributed by atoms with E-state index in [-0.39, 0.29) is 16.4 Å². The Balaban J connectivity index is 1.76. The van der Waals surface area contributed by atoms with Gasteiger partial charge in [-0.2, -0.15) is 5.10 Å². The molecule has 0 unspecified atom stereocenters. The molecule has 154 valence electrons. The molecule has 0 amide bonds. The molecule has 0 aliphatic heterocycles. The van der Waals surface area contributed by atoms with E-state index in [1.165, 1.54) is 13.2 Å². The first-order valence-corrected chi connectivity index (χ1v) is 11.1. The molecule has 4 aromatic rings. The number of H-pyrrole nitrogens is 1. The summed E-state index contributed by atoms with van der Waals surface area (Å²) in [7, 11) is -1.69. The first-order chi connectivity index (χ1) is 14.3. The number of nitrogens with one attached hydrogen (secondary N) is 1. The monoisotopic (exact) mass is 424 g/mol. The average Bonchev–Trinajstić information content (AvgIpc) is 3.34. The fraction of sp³-hybridized carbons (Fsp3) is 0.182. The molecule has 8 heteroatoms. The molecule has 2 heterocycles. The van der Waals surface area contributed by atoms with Gasteiger partial charge in [0.15, 0.2) is 32.7 Å². The third-order valence-corrected chi connectivity index (χ3v) is 6.08. The molecule has 1 N–H and O–H groups in total. The maximum Gasteiger partial charge on any atom is 0.194 e. The zero-order valence-corrected chi connectivity index (χ0v) is 17.5. The Labute approximate surface area is 173 Å². The number of carbonyl (C=O) groups is 1. The molecule has 0 aliphatic rings. The van der Waals surface area contributed by atoms with Gasteiger partial charge in [0.25, 0.3) is 0 Å². The Morgan fingerprint density at radius 3 is 2.53 bits per heavy atom. The summed E-state index contributed by atoms with van der Waals surface area (Å²) < 4.78 is 34.4. The summed E-state index contributed by atoms with van der Waals surface area (Å²) in [6.45, 7) is 1.45. The third kappa shape index (κ3) is 3.61. The van der Waals surface area contributed by atoms with E-state index >= 15 is 0 Å². The molecule has 4 rings (SSSR count). The summed E-state index contributed by atoms with van der Waals surface area (Å²) in [5, 5.41) is 7.97. The lowest BCUT2D eigenvalue weighted by Crippen LogP contribution is -1.97. The second-order valence-electron chi connectivity index (χ2n) is 7.09.